The minimum atomic E-state index is -0.104. The lowest BCUT2D eigenvalue weighted by atomic mass is 9.88. The van der Waals surface area contributed by atoms with Gasteiger partial charge in [-0.1, -0.05) is 34.1 Å². The predicted molar refractivity (Wildman–Crippen MR) is 92.1 cm³/mol. The summed E-state index contributed by atoms with van der Waals surface area (Å²) in [6.07, 6.45) is 1.94. The number of hydrogen-bond donors (Lipinski definition) is 1. The predicted octanol–water partition coefficient (Wildman–Crippen LogP) is 4.20. The van der Waals surface area contributed by atoms with E-state index in [0.29, 0.717) is 0 Å². The maximum Gasteiger partial charge on any atom is 0.160 e. The third kappa shape index (κ3) is 4.28. The standard InChI is InChI=1S/C15H26IN3O/c1-7-9-10-11(16)13(17-8-2)19-14(18-10)12(20-6)15(3,4)5/h12H,7-9H2,1-6H3,(H,17,18,19). The van der Waals surface area contributed by atoms with Gasteiger partial charge in [0.1, 0.15) is 11.9 Å². The summed E-state index contributed by atoms with van der Waals surface area (Å²) in [6.45, 7) is 11.5. The smallest absolute Gasteiger partial charge is 0.160 e. The van der Waals surface area contributed by atoms with Gasteiger partial charge >= 0.3 is 0 Å². The molecule has 0 saturated carbocycles. The molecule has 5 heteroatoms. The molecule has 1 heterocycles. The summed E-state index contributed by atoms with van der Waals surface area (Å²) in [4.78, 5) is 9.45. The average molecular weight is 391 g/mol. The monoisotopic (exact) mass is 391 g/mol. The fraction of sp³-hybridized carbons (Fsp3) is 0.733. The van der Waals surface area contributed by atoms with Crippen LogP contribution in [0, 0.1) is 8.99 Å². The summed E-state index contributed by atoms with van der Waals surface area (Å²) in [6, 6.07) is 0. The molecule has 1 atom stereocenters. The molecular weight excluding hydrogens is 365 g/mol. The van der Waals surface area contributed by atoms with Gasteiger partial charge in [-0.25, -0.2) is 9.97 Å². The van der Waals surface area contributed by atoms with E-state index in [2.05, 4.69) is 67.5 Å². The van der Waals surface area contributed by atoms with E-state index >= 15 is 0 Å². The van der Waals surface area contributed by atoms with Crippen LogP contribution in [0.1, 0.15) is 58.7 Å². The van der Waals surface area contributed by atoms with Crippen LogP contribution < -0.4 is 5.32 Å². The summed E-state index contributed by atoms with van der Waals surface area (Å²) in [7, 11) is 1.73. The summed E-state index contributed by atoms with van der Waals surface area (Å²) >= 11 is 2.33. The Kier molecular flexibility index (Phi) is 6.64. The lowest BCUT2D eigenvalue weighted by Gasteiger charge is -2.28. The number of aryl methyl sites for hydroxylation is 1. The van der Waals surface area contributed by atoms with Crippen molar-refractivity contribution in [3.05, 3.63) is 15.1 Å². The molecule has 20 heavy (non-hydrogen) atoms. The number of ether oxygens (including phenoxy) is 1. The van der Waals surface area contributed by atoms with Crippen molar-refractivity contribution in [1.82, 2.24) is 9.97 Å². The minimum Gasteiger partial charge on any atom is -0.373 e. The molecule has 4 nitrogen and oxygen atoms in total. The highest BCUT2D eigenvalue weighted by molar-refractivity contribution is 14.1. The molecule has 0 aliphatic heterocycles. The summed E-state index contributed by atoms with van der Waals surface area (Å²) in [5.41, 5.74) is 1.08. The highest BCUT2D eigenvalue weighted by Crippen LogP contribution is 2.35. The van der Waals surface area contributed by atoms with E-state index in [1.807, 2.05) is 0 Å². The second kappa shape index (κ2) is 7.54. The quantitative estimate of drug-likeness (QED) is 0.739. The van der Waals surface area contributed by atoms with Crippen molar-refractivity contribution in [3.63, 3.8) is 0 Å². The number of rotatable bonds is 6. The molecule has 0 bridgehead atoms. The Balaban J connectivity index is 3.31. The van der Waals surface area contributed by atoms with Crippen LogP contribution in [-0.2, 0) is 11.2 Å². The van der Waals surface area contributed by atoms with Crippen LogP contribution in [0.3, 0.4) is 0 Å². The van der Waals surface area contributed by atoms with E-state index in [1.54, 1.807) is 7.11 Å². The van der Waals surface area contributed by atoms with Gasteiger partial charge < -0.3 is 10.1 Å². The number of aromatic nitrogens is 2. The first-order chi connectivity index (χ1) is 9.35. The van der Waals surface area contributed by atoms with E-state index in [1.165, 1.54) is 0 Å². The van der Waals surface area contributed by atoms with Crippen LogP contribution in [-0.4, -0.2) is 23.6 Å². The molecule has 0 aliphatic rings. The van der Waals surface area contributed by atoms with Gasteiger partial charge in [0.05, 0.1) is 9.26 Å². The highest BCUT2D eigenvalue weighted by atomic mass is 127. The third-order valence-electron chi connectivity index (χ3n) is 3.02. The van der Waals surface area contributed by atoms with Gasteiger partial charge in [0, 0.05) is 13.7 Å². The maximum atomic E-state index is 5.65. The van der Waals surface area contributed by atoms with Crippen LogP contribution in [0.2, 0.25) is 0 Å². The fourth-order valence-corrected chi connectivity index (χ4v) is 2.86. The molecule has 0 fully saturated rings. The van der Waals surface area contributed by atoms with Crippen molar-refractivity contribution in [2.75, 3.05) is 19.0 Å². The Hall–Kier alpha value is -0.430. The number of hydrogen-bond acceptors (Lipinski definition) is 4. The fourth-order valence-electron chi connectivity index (χ4n) is 2.16. The lowest BCUT2D eigenvalue weighted by Crippen LogP contribution is -2.24. The topological polar surface area (TPSA) is 47.0 Å². The van der Waals surface area contributed by atoms with Crippen LogP contribution in [0.4, 0.5) is 5.82 Å². The first-order valence-corrected chi connectivity index (χ1v) is 8.25. The summed E-state index contributed by atoms with van der Waals surface area (Å²) in [5, 5.41) is 3.33. The molecule has 1 rings (SSSR count). The zero-order chi connectivity index (χ0) is 15.3. The molecule has 114 valence electrons. The second-order valence-corrected chi connectivity index (χ2v) is 7.03. The van der Waals surface area contributed by atoms with Gasteiger partial charge in [-0.05, 0) is 41.4 Å². The number of nitrogens with one attached hydrogen (secondary N) is 1. The highest BCUT2D eigenvalue weighted by Gasteiger charge is 2.30. The van der Waals surface area contributed by atoms with Gasteiger partial charge in [-0.15, -0.1) is 0 Å². The van der Waals surface area contributed by atoms with E-state index < -0.39 is 0 Å². The Morgan fingerprint density at radius 2 is 1.90 bits per heavy atom. The molecule has 0 aliphatic carbocycles. The third-order valence-corrected chi connectivity index (χ3v) is 4.16. The van der Waals surface area contributed by atoms with Crippen molar-refractivity contribution in [2.45, 2.75) is 53.6 Å². The number of halogens is 1. The molecule has 0 radical (unpaired) electrons. The molecular formula is C15H26IN3O. The number of methoxy groups -OCH3 is 1. The van der Waals surface area contributed by atoms with Crippen LogP contribution in [0.5, 0.6) is 0 Å². The van der Waals surface area contributed by atoms with E-state index in [4.69, 9.17) is 9.72 Å². The van der Waals surface area contributed by atoms with Gasteiger partial charge in [0.15, 0.2) is 5.82 Å². The SMILES string of the molecule is CCCc1nc(C(OC)C(C)(C)C)nc(NCC)c1I. The van der Waals surface area contributed by atoms with Gasteiger partial charge in [-0.2, -0.15) is 0 Å². The second-order valence-electron chi connectivity index (χ2n) is 5.95. The first kappa shape index (κ1) is 17.6. The Labute approximate surface area is 136 Å². The first-order valence-electron chi connectivity index (χ1n) is 7.18. The molecule has 1 unspecified atom stereocenters. The Bertz CT molecular complexity index is 416. The van der Waals surface area contributed by atoms with Gasteiger partial charge in [-0.3, -0.25) is 0 Å². The van der Waals surface area contributed by atoms with Gasteiger partial charge in [0.2, 0.25) is 0 Å². The normalized spacial score (nSPS) is 13.3. The van der Waals surface area contributed by atoms with Crippen LogP contribution >= 0.6 is 22.6 Å². The number of anilines is 1. The average Bonchev–Trinajstić information content (AvgIpc) is 2.34. The van der Waals surface area contributed by atoms with Crippen molar-refractivity contribution in [1.29, 1.82) is 0 Å². The van der Waals surface area contributed by atoms with Crippen molar-refractivity contribution < 1.29 is 4.74 Å². The molecule has 1 aromatic rings. The van der Waals surface area contributed by atoms with Crippen LogP contribution in [0.25, 0.3) is 0 Å². The zero-order valence-electron chi connectivity index (χ0n) is 13.4. The van der Waals surface area contributed by atoms with E-state index in [-0.39, 0.29) is 11.5 Å². The molecule has 1 aromatic heterocycles. The number of nitrogens with zero attached hydrogens (tertiary/aromatic N) is 2. The zero-order valence-corrected chi connectivity index (χ0v) is 15.5. The minimum absolute atomic E-state index is 0.0332. The summed E-state index contributed by atoms with van der Waals surface area (Å²) < 4.78 is 6.78. The van der Waals surface area contributed by atoms with E-state index in [9.17, 15) is 0 Å². The Morgan fingerprint density at radius 3 is 2.35 bits per heavy atom. The molecule has 0 amide bonds. The molecule has 0 saturated heterocycles. The molecule has 0 aromatic carbocycles. The molecule has 0 spiro atoms. The van der Waals surface area contributed by atoms with Crippen molar-refractivity contribution in [2.24, 2.45) is 5.41 Å². The van der Waals surface area contributed by atoms with E-state index in [0.717, 1.165) is 40.3 Å². The van der Waals surface area contributed by atoms with Crippen molar-refractivity contribution in [3.8, 4) is 0 Å². The van der Waals surface area contributed by atoms with Crippen molar-refractivity contribution >= 4 is 28.4 Å². The lowest BCUT2D eigenvalue weighted by molar-refractivity contribution is 0.00858. The maximum absolute atomic E-state index is 5.65. The molecule has 1 N–H and O–H groups in total. The van der Waals surface area contributed by atoms with Gasteiger partial charge in [0.25, 0.3) is 0 Å². The summed E-state index contributed by atoms with van der Waals surface area (Å²) in [5.74, 6) is 1.70. The largest absolute Gasteiger partial charge is 0.373 e. The Morgan fingerprint density at radius 1 is 1.25 bits per heavy atom. The van der Waals surface area contributed by atoms with Crippen LogP contribution in [0.15, 0.2) is 0 Å².